The van der Waals surface area contributed by atoms with Crippen LogP contribution in [0.3, 0.4) is 0 Å². The molecule has 0 aliphatic heterocycles. The van der Waals surface area contributed by atoms with Crippen molar-refractivity contribution in [3.8, 4) is 11.5 Å². The summed E-state index contributed by atoms with van der Waals surface area (Å²) in [6.07, 6.45) is 0. The molecular weight excluding hydrogens is 315 g/mol. The van der Waals surface area contributed by atoms with E-state index in [0.717, 1.165) is 5.56 Å². The molecule has 1 N–H and O–H groups in total. The molecule has 3 nitrogen and oxygen atoms in total. The number of carboxylic acids is 1. The third-order valence-electron chi connectivity index (χ3n) is 2.55. The number of hydrogen-bond donors (Lipinski definition) is 1. The highest BCUT2D eigenvalue weighted by atomic mass is 79.9. The Morgan fingerprint density at radius 1 is 1.21 bits per heavy atom. The van der Waals surface area contributed by atoms with E-state index in [2.05, 4.69) is 15.9 Å². The summed E-state index contributed by atoms with van der Waals surface area (Å²) in [5, 5.41) is 8.92. The number of benzene rings is 2. The van der Waals surface area contributed by atoms with Gasteiger partial charge in [0.15, 0.2) is 11.6 Å². The van der Waals surface area contributed by atoms with Crippen LogP contribution in [0.2, 0.25) is 0 Å². The van der Waals surface area contributed by atoms with Gasteiger partial charge in [-0.1, -0.05) is 22.0 Å². The Hall–Kier alpha value is -1.88. The highest BCUT2D eigenvalue weighted by Gasteiger charge is 2.10. The van der Waals surface area contributed by atoms with Gasteiger partial charge < -0.3 is 9.84 Å². The second kappa shape index (κ2) is 5.40. The van der Waals surface area contributed by atoms with Crippen LogP contribution in [0.4, 0.5) is 4.39 Å². The van der Waals surface area contributed by atoms with Crippen molar-refractivity contribution in [2.75, 3.05) is 0 Å². The van der Waals surface area contributed by atoms with Gasteiger partial charge in [0.05, 0.1) is 5.56 Å². The van der Waals surface area contributed by atoms with Gasteiger partial charge in [0.25, 0.3) is 0 Å². The van der Waals surface area contributed by atoms with E-state index in [0.29, 0.717) is 10.2 Å². The highest BCUT2D eigenvalue weighted by molar-refractivity contribution is 9.10. The first-order valence-corrected chi connectivity index (χ1v) is 6.23. The number of halogens is 2. The fourth-order valence-electron chi connectivity index (χ4n) is 1.52. The normalized spacial score (nSPS) is 10.3. The maximum absolute atomic E-state index is 13.7. The first-order valence-electron chi connectivity index (χ1n) is 5.44. The zero-order valence-corrected chi connectivity index (χ0v) is 11.6. The molecule has 2 aromatic carbocycles. The quantitative estimate of drug-likeness (QED) is 0.910. The number of carboxylic acid groups (broad SMARTS) is 1. The van der Waals surface area contributed by atoms with Crippen LogP contribution >= 0.6 is 15.9 Å². The van der Waals surface area contributed by atoms with Crippen molar-refractivity contribution in [2.45, 2.75) is 6.92 Å². The van der Waals surface area contributed by atoms with Crippen molar-refractivity contribution < 1.29 is 19.0 Å². The lowest BCUT2D eigenvalue weighted by atomic mass is 10.1. The van der Waals surface area contributed by atoms with E-state index in [-0.39, 0.29) is 11.3 Å². The molecule has 5 heteroatoms. The average molecular weight is 325 g/mol. The second-order valence-corrected chi connectivity index (χ2v) is 4.88. The van der Waals surface area contributed by atoms with Crippen LogP contribution in [0.25, 0.3) is 0 Å². The van der Waals surface area contributed by atoms with Crippen molar-refractivity contribution >= 4 is 21.9 Å². The van der Waals surface area contributed by atoms with Gasteiger partial charge in [-0.05, 0) is 42.8 Å². The summed E-state index contributed by atoms with van der Waals surface area (Å²) in [5.74, 6) is -1.20. The maximum Gasteiger partial charge on any atom is 0.335 e. The van der Waals surface area contributed by atoms with E-state index < -0.39 is 11.8 Å². The Labute approximate surface area is 117 Å². The summed E-state index contributed by atoms with van der Waals surface area (Å²) in [6, 6.07) is 8.88. The zero-order valence-electron chi connectivity index (χ0n) is 9.98. The van der Waals surface area contributed by atoms with Gasteiger partial charge in [-0.3, -0.25) is 0 Å². The summed E-state index contributed by atoms with van der Waals surface area (Å²) in [7, 11) is 0. The lowest BCUT2D eigenvalue weighted by Gasteiger charge is -2.10. The third kappa shape index (κ3) is 3.12. The fourth-order valence-corrected chi connectivity index (χ4v) is 1.85. The molecule has 0 saturated carbocycles. The number of aryl methyl sites for hydroxylation is 1. The second-order valence-electron chi connectivity index (χ2n) is 3.96. The van der Waals surface area contributed by atoms with Gasteiger partial charge in [0.2, 0.25) is 0 Å². The first-order chi connectivity index (χ1) is 8.97. The van der Waals surface area contributed by atoms with Crippen LogP contribution < -0.4 is 4.74 Å². The number of hydrogen-bond acceptors (Lipinski definition) is 2. The van der Waals surface area contributed by atoms with E-state index in [9.17, 15) is 9.18 Å². The Kier molecular flexibility index (Phi) is 3.85. The molecule has 0 radical (unpaired) electrons. The van der Waals surface area contributed by atoms with Crippen molar-refractivity contribution in [3.05, 3.63) is 57.8 Å². The van der Waals surface area contributed by atoms with Gasteiger partial charge in [-0.15, -0.1) is 0 Å². The van der Waals surface area contributed by atoms with Gasteiger partial charge in [-0.25, -0.2) is 9.18 Å². The molecule has 2 rings (SSSR count). The molecule has 0 aliphatic carbocycles. The third-order valence-corrected chi connectivity index (χ3v) is 3.04. The molecule has 0 aliphatic rings. The van der Waals surface area contributed by atoms with Crippen LogP contribution in [-0.2, 0) is 0 Å². The number of aromatic carboxylic acids is 1. The molecule has 2 aromatic rings. The lowest BCUT2D eigenvalue weighted by molar-refractivity contribution is 0.0696. The van der Waals surface area contributed by atoms with Crippen LogP contribution in [0.5, 0.6) is 11.5 Å². The van der Waals surface area contributed by atoms with E-state index in [4.69, 9.17) is 9.84 Å². The van der Waals surface area contributed by atoms with Crippen molar-refractivity contribution in [3.63, 3.8) is 0 Å². The molecule has 0 aromatic heterocycles. The van der Waals surface area contributed by atoms with Crippen molar-refractivity contribution in [1.29, 1.82) is 0 Å². The van der Waals surface area contributed by atoms with Crippen LogP contribution in [0.1, 0.15) is 15.9 Å². The Morgan fingerprint density at radius 3 is 2.58 bits per heavy atom. The summed E-state index contributed by atoms with van der Waals surface area (Å²) in [6.45, 7) is 1.76. The largest absolute Gasteiger partial charge is 0.478 e. The maximum atomic E-state index is 13.7. The molecule has 0 heterocycles. The van der Waals surface area contributed by atoms with Crippen LogP contribution in [-0.4, -0.2) is 11.1 Å². The molecule has 0 fully saturated rings. The zero-order chi connectivity index (χ0) is 14.0. The van der Waals surface area contributed by atoms with E-state index in [1.165, 1.54) is 24.3 Å². The predicted octanol–water partition coefficient (Wildman–Crippen LogP) is 4.39. The molecule has 0 bridgehead atoms. The monoisotopic (exact) mass is 324 g/mol. The topological polar surface area (TPSA) is 46.5 Å². The van der Waals surface area contributed by atoms with Gasteiger partial charge in [0.1, 0.15) is 5.75 Å². The number of ether oxygens (including phenoxy) is 1. The Bertz CT molecular complexity index is 641. The minimum Gasteiger partial charge on any atom is -0.478 e. The minimum atomic E-state index is -1.05. The van der Waals surface area contributed by atoms with Gasteiger partial charge in [0, 0.05) is 4.47 Å². The van der Waals surface area contributed by atoms with Crippen molar-refractivity contribution in [1.82, 2.24) is 0 Å². The summed E-state index contributed by atoms with van der Waals surface area (Å²) in [4.78, 5) is 10.9. The summed E-state index contributed by atoms with van der Waals surface area (Å²) >= 11 is 3.15. The standard InChI is InChI=1S/C14H10BrFO3/c1-8-2-3-9(14(17)18)6-13(8)19-12-5-4-10(15)7-11(12)16/h2-7H,1H3,(H,17,18). The molecule has 0 atom stereocenters. The van der Waals surface area contributed by atoms with E-state index >= 15 is 0 Å². The predicted molar refractivity (Wildman–Crippen MR) is 72.3 cm³/mol. The smallest absolute Gasteiger partial charge is 0.335 e. The van der Waals surface area contributed by atoms with E-state index in [1.54, 1.807) is 19.1 Å². The Morgan fingerprint density at radius 2 is 1.95 bits per heavy atom. The highest BCUT2D eigenvalue weighted by Crippen LogP contribution is 2.29. The van der Waals surface area contributed by atoms with Gasteiger partial charge in [-0.2, -0.15) is 0 Å². The molecule has 0 unspecified atom stereocenters. The number of carbonyl (C=O) groups is 1. The summed E-state index contributed by atoms with van der Waals surface area (Å²) in [5.41, 5.74) is 0.824. The average Bonchev–Trinajstić information content (AvgIpc) is 2.34. The van der Waals surface area contributed by atoms with Crippen molar-refractivity contribution in [2.24, 2.45) is 0 Å². The van der Waals surface area contributed by atoms with E-state index in [1.807, 2.05) is 0 Å². The fraction of sp³-hybridized carbons (Fsp3) is 0.0714. The van der Waals surface area contributed by atoms with Crippen LogP contribution in [0, 0.1) is 12.7 Å². The molecule has 19 heavy (non-hydrogen) atoms. The number of rotatable bonds is 3. The van der Waals surface area contributed by atoms with Gasteiger partial charge >= 0.3 is 5.97 Å². The Balaban J connectivity index is 2.37. The van der Waals surface area contributed by atoms with Crippen LogP contribution in [0.15, 0.2) is 40.9 Å². The molecule has 0 spiro atoms. The molecular formula is C14H10BrFO3. The summed E-state index contributed by atoms with van der Waals surface area (Å²) < 4.78 is 19.7. The lowest BCUT2D eigenvalue weighted by Crippen LogP contribution is -1.98. The first kappa shape index (κ1) is 13.5. The molecule has 98 valence electrons. The minimum absolute atomic E-state index is 0.0499. The SMILES string of the molecule is Cc1ccc(C(=O)O)cc1Oc1ccc(Br)cc1F. The molecule has 0 amide bonds. The molecule has 0 saturated heterocycles.